The van der Waals surface area contributed by atoms with Crippen molar-refractivity contribution in [1.82, 2.24) is 4.90 Å². The van der Waals surface area contributed by atoms with Crippen molar-refractivity contribution in [3.63, 3.8) is 0 Å². The van der Waals surface area contributed by atoms with Crippen molar-refractivity contribution in [2.24, 2.45) is 0 Å². The molecule has 0 unspecified atom stereocenters. The summed E-state index contributed by atoms with van der Waals surface area (Å²) in [5.74, 6) is 0. The standard InChI is InChI=1S/C10H17NO/c1-2-5-10(6-3-1)11-7-4-8-12-9-11/h5H,1-4,6-9H2. The lowest BCUT2D eigenvalue weighted by Crippen LogP contribution is -2.32. The number of ether oxygens (including phenoxy) is 1. The van der Waals surface area contributed by atoms with E-state index in [1.165, 1.54) is 44.3 Å². The Hall–Kier alpha value is -0.500. The van der Waals surface area contributed by atoms with Gasteiger partial charge in [0.2, 0.25) is 0 Å². The third kappa shape index (κ3) is 1.81. The van der Waals surface area contributed by atoms with E-state index in [4.69, 9.17) is 4.74 Å². The Balaban J connectivity index is 1.92. The Labute approximate surface area is 74.2 Å². The highest BCUT2D eigenvalue weighted by molar-refractivity contribution is 5.04. The molecule has 1 aliphatic heterocycles. The number of hydrogen-bond donors (Lipinski definition) is 0. The monoisotopic (exact) mass is 167 g/mol. The fraction of sp³-hybridized carbons (Fsp3) is 0.800. The first-order chi connectivity index (χ1) is 5.97. The van der Waals surface area contributed by atoms with Gasteiger partial charge in [-0.15, -0.1) is 0 Å². The van der Waals surface area contributed by atoms with Crippen LogP contribution in [0.15, 0.2) is 11.8 Å². The van der Waals surface area contributed by atoms with Crippen LogP contribution in [0.25, 0.3) is 0 Å². The molecule has 0 amide bonds. The van der Waals surface area contributed by atoms with Crippen LogP contribution in [0, 0.1) is 0 Å². The van der Waals surface area contributed by atoms with Gasteiger partial charge in [-0.25, -0.2) is 0 Å². The molecule has 12 heavy (non-hydrogen) atoms. The fourth-order valence-electron chi connectivity index (χ4n) is 1.93. The number of nitrogens with zero attached hydrogens (tertiary/aromatic N) is 1. The molecule has 1 aliphatic carbocycles. The SMILES string of the molecule is C1=C(N2CCCOC2)CCCC1. The summed E-state index contributed by atoms with van der Waals surface area (Å²) in [6.07, 6.45) is 8.85. The minimum absolute atomic E-state index is 0.825. The normalized spacial score (nSPS) is 25.3. The molecular weight excluding hydrogens is 150 g/mol. The maximum absolute atomic E-state index is 5.42. The van der Waals surface area contributed by atoms with Gasteiger partial charge >= 0.3 is 0 Å². The van der Waals surface area contributed by atoms with Gasteiger partial charge in [-0.3, -0.25) is 0 Å². The fourth-order valence-corrected chi connectivity index (χ4v) is 1.93. The molecule has 68 valence electrons. The lowest BCUT2D eigenvalue weighted by Gasteiger charge is -2.32. The average Bonchev–Trinajstić information content (AvgIpc) is 2.21. The first-order valence-corrected chi connectivity index (χ1v) is 4.98. The molecular formula is C10H17NO. The van der Waals surface area contributed by atoms with Gasteiger partial charge in [-0.05, 0) is 32.1 Å². The second kappa shape index (κ2) is 3.94. The molecule has 0 aromatic heterocycles. The van der Waals surface area contributed by atoms with Gasteiger partial charge in [0.25, 0.3) is 0 Å². The van der Waals surface area contributed by atoms with Crippen LogP contribution in [0.4, 0.5) is 0 Å². The molecule has 0 N–H and O–H groups in total. The highest BCUT2D eigenvalue weighted by Crippen LogP contribution is 2.22. The van der Waals surface area contributed by atoms with Gasteiger partial charge in [-0.2, -0.15) is 0 Å². The maximum atomic E-state index is 5.42. The van der Waals surface area contributed by atoms with E-state index in [1.54, 1.807) is 0 Å². The zero-order chi connectivity index (χ0) is 8.23. The van der Waals surface area contributed by atoms with Crippen LogP contribution in [0.2, 0.25) is 0 Å². The highest BCUT2D eigenvalue weighted by atomic mass is 16.5. The van der Waals surface area contributed by atoms with Gasteiger partial charge in [0.1, 0.15) is 6.73 Å². The van der Waals surface area contributed by atoms with E-state index in [9.17, 15) is 0 Å². The smallest absolute Gasteiger partial charge is 0.118 e. The van der Waals surface area contributed by atoms with Gasteiger partial charge in [0.15, 0.2) is 0 Å². The van der Waals surface area contributed by atoms with Crippen LogP contribution in [0.5, 0.6) is 0 Å². The van der Waals surface area contributed by atoms with E-state index in [-0.39, 0.29) is 0 Å². The first-order valence-electron chi connectivity index (χ1n) is 4.98. The maximum Gasteiger partial charge on any atom is 0.118 e. The van der Waals surface area contributed by atoms with Crippen molar-refractivity contribution >= 4 is 0 Å². The van der Waals surface area contributed by atoms with Gasteiger partial charge in [0, 0.05) is 12.2 Å². The third-order valence-electron chi connectivity index (χ3n) is 2.64. The summed E-state index contributed by atoms with van der Waals surface area (Å²) in [6, 6.07) is 0. The van der Waals surface area contributed by atoms with Gasteiger partial charge < -0.3 is 9.64 Å². The molecule has 1 saturated heterocycles. The topological polar surface area (TPSA) is 12.5 Å². The van der Waals surface area contributed by atoms with Crippen molar-refractivity contribution in [1.29, 1.82) is 0 Å². The molecule has 1 heterocycles. The van der Waals surface area contributed by atoms with E-state index >= 15 is 0 Å². The van der Waals surface area contributed by atoms with E-state index in [2.05, 4.69) is 11.0 Å². The zero-order valence-electron chi connectivity index (χ0n) is 7.59. The predicted octanol–water partition coefficient (Wildman–Crippen LogP) is 2.12. The molecule has 0 aromatic carbocycles. The summed E-state index contributed by atoms with van der Waals surface area (Å²) in [5, 5.41) is 0. The summed E-state index contributed by atoms with van der Waals surface area (Å²) in [6.45, 7) is 2.97. The van der Waals surface area contributed by atoms with Crippen LogP contribution >= 0.6 is 0 Å². The van der Waals surface area contributed by atoms with Crippen molar-refractivity contribution in [2.75, 3.05) is 19.9 Å². The molecule has 0 radical (unpaired) electrons. The lowest BCUT2D eigenvalue weighted by atomic mass is 10.0. The quantitative estimate of drug-likeness (QED) is 0.593. The van der Waals surface area contributed by atoms with E-state index in [1.807, 2.05) is 0 Å². The average molecular weight is 167 g/mol. The van der Waals surface area contributed by atoms with Crippen LogP contribution in [-0.4, -0.2) is 24.8 Å². The minimum atomic E-state index is 0.825. The van der Waals surface area contributed by atoms with Crippen LogP contribution in [0.3, 0.4) is 0 Å². The number of allylic oxidation sites excluding steroid dienone is 2. The molecule has 2 rings (SSSR count). The molecule has 0 bridgehead atoms. The molecule has 0 atom stereocenters. The Bertz CT molecular complexity index is 171. The lowest BCUT2D eigenvalue weighted by molar-refractivity contribution is 0.00295. The number of hydrogen-bond acceptors (Lipinski definition) is 2. The van der Waals surface area contributed by atoms with Crippen molar-refractivity contribution in [3.8, 4) is 0 Å². The minimum Gasteiger partial charge on any atom is -0.361 e. The molecule has 2 heteroatoms. The van der Waals surface area contributed by atoms with E-state index < -0.39 is 0 Å². The second-order valence-electron chi connectivity index (χ2n) is 3.60. The summed E-state index contributed by atoms with van der Waals surface area (Å²) in [7, 11) is 0. The molecule has 2 aliphatic rings. The zero-order valence-corrected chi connectivity index (χ0v) is 7.59. The van der Waals surface area contributed by atoms with Crippen molar-refractivity contribution in [3.05, 3.63) is 11.8 Å². The van der Waals surface area contributed by atoms with Crippen LogP contribution in [-0.2, 0) is 4.74 Å². The summed E-state index contributed by atoms with van der Waals surface area (Å²) in [5.41, 5.74) is 1.53. The highest BCUT2D eigenvalue weighted by Gasteiger charge is 2.14. The first kappa shape index (κ1) is 8.11. The summed E-state index contributed by atoms with van der Waals surface area (Å²) >= 11 is 0. The largest absolute Gasteiger partial charge is 0.361 e. The summed E-state index contributed by atoms with van der Waals surface area (Å²) < 4.78 is 5.42. The van der Waals surface area contributed by atoms with Gasteiger partial charge in [-0.1, -0.05) is 6.08 Å². The Morgan fingerprint density at radius 1 is 1.25 bits per heavy atom. The molecule has 0 aromatic rings. The molecule has 2 nitrogen and oxygen atoms in total. The Morgan fingerprint density at radius 3 is 2.92 bits per heavy atom. The molecule has 0 saturated carbocycles. The van der Waals surface area contributed by atoms with E-state index in [0.29, 0.717) is 0 Å². The van der Waals surface area contributed by atoms with Crippen molar-refractivity contribution < 1.29 is 4.74 Å². The molecule has 0 spiro atoms. The van der Waals surface area contributed by atoms with Gasteiger partial charge in [0.05, 0.1) is 6.61 Å². The summed E-state index contributed by atoms with van der Waals surface area (Å²) in [4.78, 5) is 2.39. The van der Waals surface area contributed by atoms with E-state index in [0.717, 1.165) is 13.3 Å². The Morgan fingerprint density at radius 2 is 2.25 bits per heavy atom. The van der Waals surface area contributed by atoms with Crippen LogP contribution < -0.4 is 0 Å². The second-order valence-corrected chi connectivity index (χ2v) is 3.60. The predicted molar refractivity (Wildman–Crippen MR) is 48.7 cm³/mol. The molecule has 1 fully saturated rings. The Kier molecular flexibility index (Phi) is 2.67. The number of rotatable bonds is 1. The van der Waals surface area contributed by atoms with Crippen molar-refractivity contribution in [2.45, 2.75) is 32.1 Å². The third-order valence-corrected chi connectivity index (χ3v) is 2.64. The van der Waals surface area contributed by atoms with Crippen LogP contribution in [0.1, 0.15) is 32.1 Å².